The predicted molar refractivity (Wildman–Crippen MR) is 131 cm³/mol. The van der Waals surface area contributed by atoms with Gasteiger partial charge in [-0.1, -0.05) is 23.8 Å². The van der Waals surface area contributed by atoms with Gasteiger partial charge in [-0.15, -0.1) is 0 Å². The van der Waals surface area contributed by atoms with Gasteiger partial charge in [0.1, 0.15) is 12.4 Å². The lowest BCUT2D eigenvalue weighted by molar-refractivity contribution is -0.186. The smallest absolute Gasteiger partial charge is 0.407 e. The highest BCUT2D eigenvalue weighted by atomic mass is 16.7. The van der Waals surface area contributed by atoms with Gasteiger partial charge in [0.15, 0.2) is 6.29 Å². The van der Waals surface area contributed by atoms with Crippen LogP contribution in [0.2, 0.25) is 0 Å². The van der Waals surface area contributed by atoms with E-state index < -0.39 is 12.2 Å². The van der Waals surface area contributed by atoms with Crippen LogP contribution in [0.1, 0.15) is 47.0 Å². The Morgan fingerprint density at radius 2 is 1.97 bits per heavy atom. The average Bonchev–Trinajstić information content (AvgIpc) is 3.55. The Morgan fingerprint density at radius 3 is 2.60 bits per heavy atom. The number of carbonyl (C=O) groups is 2. The molecule has 35 heavy (non-hydrogen) atoms. The van der Waals surface area contributed by atoms with Gasteiger partial charge in [-0.2, -0.15) is 0 Å². The van der Waals surface area contributed by atoms with Crippen molar-refractivity contribution in [1.82, 2.24) is 10.6 Å². The normalized spacial score (nSPS) is 31.9. The maximum absolute atomic E-state index is 11.3. The Hall–Kier alpha value is -2.04. The lowest BCUT2D eigenvalue weighted by Crippen LogP contribution is -2.45. The van der Waals surface area contributed by atoms with Crippen molar-refractivity contribution in [1.29, 1.82) is 0 Å². The fraction of sp³-hybridized carbons (Fsp3) is 0.692. The summed E-state index contributed by atoms with van der Waals surface area (Å²) < 4.78 is 28.6. The number of ether oxygens (including phenoxy) is 5. The van der Waals surface area contributed by atoms with Crippen molar-refractivity contribution in [3.63, 3.8) is 0 Å². The van der Waals surface area contributed by atoms with E-state index in [9.17, 15) is 9.59 Å². The van der Waals surface area contributed by atoms with Gasteiger partial charge in [0.2, 0.25) is 0 Å². The molecular weight excluding hydrogens is 452 g/mol. The second-order valence-electron chi connectivity index (χ2n) is 10.2. The molecule has 3 atom stereocenters. The van der Waals surface area contributed by atoms with Gasteiger partial charge in [0.25, 0.3) is 0 Å². The van der Waals surface area contributed by atoms with E-state index in [0.717, 1.165) is 31.3 Å². The van der Waals surface area contributed by atoms with Crippen LogP contribution in [0.5, 0.6) is 0 Å². The molecule has 0 aromatic rings. The summed E-state index contributed by atoms with van der Waals surface area (Å²) in [6, 6.07) is -0.0292. The maximum atomic E-state index is 11.3. The second kappa shape index (κ2) is 12.3. The molecule has 3 aliphatic heterocycles. The molecule has 0 aromatic heterocycles. The van der Waals surface area contributed by atoms with Gasteiger partial charge >= 0.3 is 6.09 Å². The largest absolute Gasteiger partial charge is 0.442 e. The van der Waals surface area contributed by atoms with Crippen LogP contribution in [-0.2, 0) is 28.5 Å². The lowest BCUT2D eigenvalue weighted by Gasteiger charge is -2.38. The first-order valence-electron chi connectivity index (χ1n) is 12.3. The highest BCUT2D eigenvalue weighted by Gasteiger charge is 2.53. The number of rotatable bonds is 10. The van der Waals surface area contributed by atoms with Crippen molar-refractivity contribution in [3.05, 3.63) is 35.5 Å². The van der Waals surface area contributed by atoms with Crippen LogP contribution in [0.15, 0.2) is 35.5 Å². The first kappa shape index (κ1) is 27.5. The number of epoxide rings is 1. The predicted octanol–water partition coefficient (Wildman–Crippen LogP) is 2.81. The summed E-state index contributed by atoms with van der Waals surface area (Å²) in [7, 11) is 1.48. The van der Waals surface area contributed by atoms with E-state index >= 15 is 0 Å². The zero-order valence-corrected chi connectivity index (χ0v) is 21.5. The number of amides is 1. The zero-order valence-electron chi connectivity index (χ0n) is 21.5. The number of nitrogens with one attached hydrogen (secondary N) is 2. The number of allylic oxidation sites excluding steroid dienone is 2. The summed E-state index contributed by atoms with van der Waals surface area (Å²) in [5, 5.41) is 5.63. The van der Waals surface area contributed by atoms with Crippen LogP contribution >= 0.6 is 0 Å². The second-order valence-corrected chi connectivity index (χ2v) is 10.2. The first-order valence-corrected chi connectivity index (χ1v) is 12.3. The molecular formula is C26H40N2O7. The molecule has 196 valence electrons. The summed E-state index contributed by atoms with van der Waals surface area (Å²) in [4.78, 5) is 22.6. The number of aldehydes is 1. The molecule has 1 amide bonds. The van der Waals surface area contributed by atoms with Crippen LogP contribution in [0.25, 0.3) is 0 Å². The maximum Gasteiger partial charge on any atom is 0.407 e. The molecule has 9 heteroatoms. The van der Waals surface area contributed by atoms with E-state index in [2.05, 4.69) is 49.6 Å². The fourth-order valence-electron chi connectivity index (χ4n) is 4.51. The minimum atomic E-state index is -0.542. The van der Waals surface area contributed by atoms with Crippen molar-refractivity contribution in [2.45, 2.75) is 82.7 Å². The molecule has 1 spiro atoms. The molecule has 0 aromatic carbocycles. The first-order chi connectivity index (χ1) is 16.6. The number of hydrogen-bond acceptors (Lipinski definition) is 8. The third kappa shape index (κ3) is 9.16. The Labute approximate surface area is 208 Å². The van der Waals surface area contributed by atoms with Gasteiger partial charge in [-0.05, 0) is 33.8 Å². The molecule has 0 saturated carbocycles. The molecule has 3 unspecified atom stereocenters. The van der Waals surface area contributed by atoms with Crippen LogP contribution < -0.4 is 10.6 Å². The Kier molecular flexibility index (Phi) is 9.66. The van der Waals surface area contributed by atoms with E-state index in [-0.39, 0.29) is 29.6 Å². The molecule has 3 saturated heterocycles. The molecule has 0 bridgehead atoms. The Morgan fingerprint density at radius 1 is 1.26 bits per heavy atom. The third-order valence-corrected chi connectivity index (χ3v) is 6.21. The SMILES string of the molecule is CNC(=O)OC(C)C=C(C=O)CNC1COC(CC=C(C)C=CC2CC3(CO3)CC(C)(C)O2)OC1. The average molecular weight is 493 g/mol. The Balaban J connectivity index is 1.37. The summed E-state index contributed by atoms with van der Waals surface area (Å²) in [6.45, 7) is 10.1. The molecule has 3 heterocycles. The van der Waals surface area contributed by atoms with Crippen LogP contribution in [0.4, 0.5) is 4.79 Å². The number of alkyl carbamates (subject to hydrolysis) is 1. The highest BCUT2D eigenvalue weighted by molar-refractivity contribution is 5.74. The van der Waals surface area contributed by atoms with Gasteiger partial charge in [-0.25, -0.2) is 4.79 Å². The Bertz CT molecular complexity index is 818. The number of hydrogen-bond donors (Lipinski definition) is 2. The van der Waals surface area contributed by atoms with E-state index in [1.54, 1.807) is 13.0 Å². The van der Waals surface area contributed by atoms with Crippen LogP contribution in [0.3, 0.4) is 0 Å². The van der Waals surface area contributed by atoms with Gasteiger partial charge < -0.3 is 34.3 Å². The zero-order chi connectivity index (χ0) is 25.5. The summed E-state index contributed by atoms with van der Waals surface area (Å²) in [6.07, 6.45) is 9.90. The van der Waals surface area contributed by atoms with Crippen molar-refractivity contribution in [2.75, 3.05) is 33.4 Å². The van der Waals surface area contributed by atoms with Crippen LogP contribution in [0, 0.1) is 0 Å². The minimum Gasteiger partial charge on any atom is -0.442 e. The van der Waals surface area contributed by atoms with E-state index in [1.807, 2.05) is 0 Å². The van der Waals surface area contributed by atoms with E-state index in [0.29, 0.717) is 31.8 Å². The minimum absolute atomic E-state index is 0.0165. The van der Waals surface area contributed by atoms with Crippen molar-refractivity contribution < 1.29 is 33.3 Å². The highest BCUT2D eigenvalue weighted by Crippen LogP contribution is 2.46. The summed E-state index contributed by atoms with van der Waals surface area (Å²) in [5.41, 5.74) is 1.47. The molecule has 9 nitrogen and oxygen atoms in total. The quantitative estimate of drug-likeness (QED) is 0.208. The molecule has 0 radical (unpaired) electrons. The van der Waals surface area contributed by atoms with Crippen molar-refractivity contribution in [2.24, 2.45) is 0 Å². The fourth-order valence-corrected chi connectivity index (χ4v) is 4.51. The molecule has 3 rings (SSSR count). The molecule has 3 aliphatic rings. The van der Waals surface area contributed by atoms with Crippen LogP contribution in [-0.4, -0.2) is 81.5 Å². The topological polar surface area (TPSA) is 108 Å². The van der Waals surface area contributed by atoms with Gasteiger partial charge in [0, 0.05) is 38.4 Å². The number of carbonyl (C=O) groups excluding carboxylic acids is 2. The van der Waals surface area contributed by atoms with E-state index in [4.69, 9.17) is 23.7 Å². The molecule has 3 fully saturated rings. The monoisotopic (exact) mass is 492 g/mol. The summed E-state index contributed by atoms with van der Waals surface area (Å²) in [5.74, 6) is 0. The standard InChI is InChI=1S/C26H40N2O7/c1-18(6-8-22-11-26(17-33-26)16-25(3,4)35-22)7-9-23-31-14-21(15-32-23)28-12-20(13-29)10-19(2)34-24(30)27-5/h6-8,10,13,19,21-23,28H,9,11-12,14-17H2,1-5H3,(H,27,30). The van der Waals surface area contributed by atoms with E-state index in [1.165, 1.54) is 7.05 Å². The van der Waals surface area contributed by atoms with Crippen molar-refractivity contribution in [3.8, 4) is 0 Å². The third-order valence-electron chi connectivity index (χ3n) is 6.21. The molecule has 2 N–H and O–H groups in total. The van der Waals surface area contributed by atoms with Gasteiger partial charge in [-0.3, -0.25) is 4.79 Å². The van der Waals surface area contributed by atoms with Crippen molar-refractivity contribution >= 4 is 12.4 Å². The van der Waals surface area contributed by atoms with Gasteiger partial charge in [0.05, 0.1) is 43.2 Å². The lowest BCUT2D eigenvalue weighted by atomic mass is 9.85. The molecule has 0 aliphatic carbocycles. The summed E-state index contributed by atoms with van der Waals surface area (Å²) >= 11 is 0.